The monoisotopic (exact) mass is 456 g/mol. The molecule has 1 N–H and O–H groups in total. The Balaban J connectivity index is 2.22. The summed E-state index contributed by atoms with van der Waals surface area (Å²) in [5, 5.41) is 9.80. The lowest BCUT2D eigenvalue weighted by Gasteiger charge is -2.28. The van der Waals surface area contributed by atoms with Gasteiger partial charge in [-0.2, -0.15) is 0 Å². The molecular weight excluding hydrogens is 443 g/mol. The number of carboxylic acid groups (broad SMARTS) is 1. The first-order chi connectivity index (χ1) is 9.91. The van der Waals surface area contributed by atoms with Crippen molar-refractivity contribution in [3.05, 3.63) is 67.2 Å². The minimum Gasteiger partial charge on any atom is -0.481 e. The van der Waals surface area contributed by atoms with E-state index in [4.69, 9.17) is 0 Å². The molecule has 0 aliphatic heterocycles. The first-order valence-electron chi connectivity index (χ1n) is 6.69. The van der Waals surface area contributed by atoms with E-state index in [1.807, 2.05) is 37.3 Å². The zero-order chi connectivity index (χ0) is 15.2. The topological polar surface area (TPSA) is 37.3 Å². The summed E-state index contributed by atoms with van der Waals surface area (Å²) in [6, 6.07) is 14.2. The van der Waals surface area contributed by atoms with E-state index in [2.05, 4.69) is 50.7 Å². The Bertz CT molecular complexity index is 728. The molecule has 0 fully saturated rings. The maximum absolute atomic E-state index is 11.9. The molecule has 21 heavy (non-hydrogen) atoms. The molecule has 0 aromatic heterocycles. The van der Waals surface area contributed by atoms with E-state index in [1.54, 1.807) is 0 Å². The fraction of sp³-hybridized carbons (Fsp3) is 0.235. The maximum atomic E-state index is 11.9. The van der Waals surface area contributed by atoms with Crippen LogP contribution in [0.4, 0.5) is 0 Å². The van der Waals surface area contributed by atoms with Gasteiger partial charge in [0.1, 0.15) is 0 Å². The molecule has 4 heteroatoms. The standard InChI is InChI=1S/C17H14BrIO2/c1-17(16(20)21)9-11-5-6-13(19)8-14(11)15(17)10-3-2-4-12(18)7-10/h2-8,15H,9H2,1H3,(H,20,21). The number of carboxylic acids is 1. The number of halogens is 2. The highest BCUT2D eigenvalue weighted by molar-refractivity contribution is 14.1. The van der Waals surface area contributed by atoms with Crippen molar-refractivity contribution in [1.82, 2.24) is 0 Å². The van der Waals surface area contributed by atoms with Gasteiger partial charge in [0.05, 0.1) is 5.41 Å². The van der Waals surface area contributed by atoms with E-state index in [1.165, 1.54) is 0 Å². The van der Waals surface area contributed by atoms with Crippen molar-refractivity contribution < 1.29 is 9.90 Å². The van der Waals surface area contributed by atoms with Crippen LogP contribution in [0.3, 0.4) is 0 Å². The highest BCUT2D eigenvalue weighted by Gasteiger charge is 2.49. The molecule has 0 radical (unpaired) electrons. The van der Waals surface area contributed by atoms with Crippen LogP contribution in [0.2, 0.25) is 0 Å². The Kier molecular flexibility index (Phi) is 3.86. The lowest BCUT2D eigenvalue weighted by molar-refractivity contribution is -0.148. The number of benzene rings is 2. The number of hydrogen-bond acceptors (Lipinski definition) is 1. The molecule has 0 heterocycles. The first-order valence-corrected chi connectivity index (χ1v) is 8.56. The summed E-state index contributed by atoms with van der Waals surface area (Å²) >= 11 is 5.77. The second-order valence-corrected chi connectivity index (χ2v) is 7.89. The largest absolute Gasteiger partial charge is 0.481 e. The normalized spacial score (nSPS) is 23.9. The van der Waals surface area contributed by atoms with Gasteiger partial charge < -0.3 is 5.11 Å². The van der Waals surface area contributed by atoms with Crippen LogP contribution in [-0.2, 0) is 11.2 Å². The summed E-state index contributed by atoms with van der Waals surface area (Å²) in [6.07, 6.45) is 0.575. The molecule has 2 nitrogen and oxygen atoms in total. The summed E-state index contributed by atoms with van der Waals surface area (Å²) in [5.74, 6) is -0.851. The summed E-state index contributed by atoms with van der Waals surface area (Å²) in [4.78, 5) is 11.9. The van der Waals surface area contributed by atoms with Crippen molar-refractivity contribution >= 4 is 44.5 Å². The van der Waals surface area contributed by atoms with E-state index < -0.39 is 11.4 Å². The first kappa shape index (κ1) is 15.0. The van der Waals surface area contributed by atoms with Gasteiger partial charge in [-0.25, -0.2) is 0 Å². The summed E-state index contributed by atoms with van der Waals surface area (Å²) in [7, 11) is 0. The van der Waals surface area contributed by atoms with Gasteiger partial charge in [-0.1, -0.05) is 34.1 Å². The smallest absolute Gasteiger partial charge is 0.310 e. The molecule has 2 atom stereocenters. The third-order valence-electron chi connectivity index (χ3n) is 4.28. The van der Waals surface area contributed by atoms with Gasteiger partial charge in [0.15, 0.2) is 0 Å². The lowest BCUT2D eigenvalue weighted by Crippen LogP contribution is -2.32. The van der Waals surface area contributed by atoms with Crippen molar-refractivity contribution in [2.75, 3.05) is 0 Å². The third kappa shape index (κ3) is 2.52. The van der Waals surface area contributed by atoms with Gasteiger partial charge in [-0.05, 0) is 76.9 Å². The highest BCUT2D eigenvalue weighted by atomic mass is 127. The Morgan fingerprint density at radius 2 is 2.10 bits per heavy atom. The lowest BCUT2D eigenvalue weighted by atomic mass is 9.74. The summed E-state index contributed by atoms with van der Waals surface area (Å²) < 4.78 is 2.12. The van der Waals surface area contributed by atoms with Gasteiger partial charge in [-0.15, -0.1) is 0 Å². The average Bonchev–Trinajstić information content (AvgIpc) is 2.71. The number of rotatable bonds is 2. The van der Waals surface area contributed by atoms with E-state index in [9.17, 15) is 9.90 Å². The minimum absolute atomic E-state index is 0.114. The van der Waals surface area contributed by atoms with Crippen LogP contribution in [0.1, 0.15) is 29.5 Å². The maximum Gasteiger partial charge on any atom is 0.310 e. The van der Waals surface area contributed by atoms with Gasteiger partial charge in [0.2, 0.25) is 0 Å². The minimum atomic E-state index is -0.798. The molecular formula is C17H14BrIO2. The second kappa shape index (κ2) is 5.39. The van der Waals surface area contributed by atoms with Crippen LogP contribution in [0.25, 0.3) is 0 Å². The van der Waals surface area contributed by atoms with Gasteiger partial charge >= 0.3 is 5.97 Å². The molecule has 0 amide bonds. The number of aliphatic carboxylic acids is 1. The van der Waals surface area contributed by atoms with Crippen LogP contribution < -0.4 is 0 Å². The Labute approximate surface area is 145 Å². The van der Waals surface area contributed by atoms with E-state index in [0.717, 1.165) is 24.7 Å². The summed E-state index contributed by atoms with van der Waals surface area (Å²) in [6.45, 7) is 1.85. The van der Waals surface area contributed by atoms with Crippen molar-refractivity contribution in [2.45, 2.75) is 19.3 Å². The molecule has 108 valence electrons. The molecule has 3 rings (SSSR count). The third-order valence-corrected chi connectivity index (χ3v) is 5.45. The van der Waals surface area contributed by atoms with Crippen LogP contribution >= 0.6 is 38.5 Å². The van der Waals surface area contributed by atoms with E-state index in [0.29, 0.717) is 6.42 Å². The molecule has 0 saturated carbocycles. The van der Waals surface area contributed by atoms with Crippen LogP contribution in [0.5, 0.6) is 0 Å². The molecule has 2 aromatic carbocycles. The van der Waals surface area contributed by atoms with Gasteiger partial charge in [-0.3, -0.25) is 4.79 Å². The summed E-state index contributed by atoms with van der Waals surface area (Å²) in [5.41, 5.74) is 2.54. The van der Waals surface area contributed by atoms with Crippen LogP contribution in [0.15, 0.2) is 46.9 Å². The van der Waals surface area contributed by atoms with E-state index in [-0.39, 0.29) is 5.92 Å². The predicted molar refractivity (Wildman–Crippen MR) is 94.6 cm³/mol. The number of hydrogen-bond donors (Lipinski definition) is 1. The molecule has 2 aromatic rings. The van der Waals surface area contributed by atoms with Crippen molar-refractivity contribution in [2.24, 2.45) is 5.41 Å². The van der Waals surface area contributed by atoms with Crippen molar-refractivity contribution in [3.63, 3.8) is 0 Å². The molecule has 2 unspecified atom stereocenters. The molecule has 0 saturated heterocycles. The second-order valence-electron chi connectivity index (χ2n) is 5.73. The Morgan fingerprint density at radius 3 is 2.76 bits per heavy atom. The highest BCUT2D eigenvalue weighted by Crippen LogP contribution is 2.51. The molecule has 1 aliphatic carbocycles. The Morgan fingerprint density at radius 1 is 1.33 bits per heavy atom. The predicted octanol–water partition coefficient (Wildman–Crippen LogP) is 4.83. The fourth-order valence-electron chi connectivity index (χ4n) is 3.27. The van der Waals surface area contributed by atoms with Crippen molar-refractivity contribution in [1.29, 1.82) is 0 Å². The number of carbonyl (C=O) groups is 1. The number of fused-ring (bicyclic) bond motifs is 1. The quantitative estimate of drug-likeness (QED) is 0.657. The van der Waals surface area contributed by atoms with Crippen LogP contribution in [-0.4, -0.2) is 11.1 Å². The molecule has 0 spiro atoms. The van der Waals surface area contributed by atoms with Gasteiger partial charge in [0, 0.05) is 14.0 Å². The Hall–Kier alpha value is -0.880. The van der Waals surface area contributed by atoms with E-state index >= 15 is 0 Å². The average molecular weight is 457 g/mol. The molecule has 0 bridgehead atoms. The zero-order valence-electron chi connectivity index (χ0n) is 11.4. The van der Waals surface area contributed by atoms with Gasteiger partial charge in [0.25, 0.3) is 0 Å². The molecule has 1 aliphatic rings. The zero-order valence-corrected chi connectivity index (χ0v) is 15.2. The van der Waals surface area contributed by atoms with Crippen molar-refractivity contribution in [3.8, 4) is 0 Å². The SMILES string of the molecule is CC1(C(=O)O)Cc2ccc(I)cc2C1c1cccc(Br)c1. The fourth-order valence-corrected chi connectivity index (χ4v) is 4.20. The van der Waals surface area contributed by atoms with Crippen LogP contribution in [0, 0.1) is 8.99 Å².